The second-order valence-electron chi connectivity index (χ2n) is 5.32. The topological polar surface area (TPSA) is 30.2 Å². The van der Waals surface area contributed by atoms with E-state index in [0.717, 1.165) is 27.9 Å². The van der Waals surface area contributed by atoms with Gasteiger partial charge in [-0.05, 0) is 22.3 Å². The van der Waals surface area contributed by atoms with Crippen LogP contribution >= 0.6 is 7.65 Å². The SMILES string of the molecule is O=[p+]1oc2ccccc2c2cccc(Cc3ccccc3)c21. The van der Waals surface area contributed by atoms with Crippen LogP contribution in [-0.2, 0) is 11.0 Å². The summed E-state index contributed by atoms with van der Waals surface area (Å²) in [6.45, 7) is 0. The van der Waals surface area contributed by atoms with Crippen LogP contribution in [0.2, 0.25) is 0 Å². The first-order valence-corrected chi connectivity index (χ1v) is 8.41. The minimum Gasteiger partial charge on any atom is -0.250 e. The molecule has 0 spiro atoms. The van der Waals surface area contributed by atoms with Crippen LogP contribution in [-0.4, -0.2) is 0 Å². The maximum absolute atomic E-state index is 12.6. The molecule has 0 radical (unpaired) electrons. The van der Waals surface area contributed by atoms with Crippen molar-refractivity contribution in [2.75, 3.05) is 0 Å². The molecular weight excluding hydrogens is 291 g/mol. The van der Waals surface area contributed by atoms with E-state index in [-0.39, 0.29) is 0 Å². The fourth-order valence-corrected chi connectivity index (χ4v) is 4.10. The van der Waals surface area contributed by atoms with Gasteiger partial charge in [0.25, 0.3) is 0 Å². The lowest BCUT2D eigenvalue weighted by Crippen LogP contribution is -1.89. The third-order valence-electron chi connectivity index (χ3n) is 3.90. The first-order valence-electron chi connectivity index (χ1n) is 7.23. The minimum atomic E-state index is -1.86. The van der Waals surface area contributed by atoms with Gasteiger partial charge in [0.05, 0.1) is 0 Å². The average molecular weight is 305 g/mol. The molecule has 3 heteroatoms. The molecule has 106 valence electrons. The fraction of sp³-hybridized carbons (Fsp3) is 0.0526. The Bertz CT molecular complexity index is 1020. The minimum absolute atomic E-state index is 0.702. The molecule has 1 atom stereocenters. The summed E-state index contributed by atoms with van der Waals surface area (Å²) in [6, 6.07) is 24.1. The van der Waals surface area contributed by atoms with Gasteiger partial charge in [-0.3, -0.25) is 0 Å². The zero-order chi connectivity index (χ0) is 14.9. The Kier molecular flexibility index (Phi) is 3.25. The van der Waals surface area contributed by atoms with Crippen molar-refractivity contribution >= 4 is 29.1 Å². The summed E-state index contributed by atoms with van der Waals surface area (Å²) in [7, 11) is -1.86. The number of benzene rings is 3. The van der Waals surface area contributed by atoms with Gasteiger partial charge in [-0.1, -0.05) is 60.7 Å². The summed E-state index contributed by atoms with van der Waals surface area (Å²) in [4.78, 5) is 0. The number of hydrogen-bond acceptors (Lipinski definition) is 2. The van der Waals surface area contributed by atoms with Gasteiger partial charge in [0.1, 0.15) is 0 Å². The van der Waals surface area contributed by atoms with Gasteiger partial charge >= 0.3 is 7.65 Å². The molecule has 0 saturated carbocycles. The van der Waals surface area contributed by atoms with E-state index in [2.05, 4.69) is 12.1 Å². The molecular formula is C19H14O2P+. The standard InChI is InChI=1S/C19H14O2P/c20-22-19-15(13-14-7-2-1-3-8-14)9-6-11-17(19)16-10-4-5-12-18(16)21-22/h1-12H,13H2/q+1. The van der Waals surface area contributed by atoms with Gasteiger partial charge < -0.3 is 0 Å². The number of fused-ring (bicyclic) bond motifs is 3. The molecule has 1 aromatic heterocycles. The zero-order valence-electron chi connectivity index (χ0n) is 11.9. The van der Waals surface area contributed by atoms with E-state index in [0.29, 0.717) is 5.58 Å². The van der Waals surface area contributed by atoms with Crippen LogP contribution in [0.5, 0.6) is 0 Å². The molecule has 0 aliphatic rings. The average Bonchev–Trinajstić information content (AvgIpc) is 2.56. The lowest BCUT2D eigenvalue weighted by Gasteiger charge is -2.03. The molecule has 4 aromatic rings. The zero-order valence-corrected chi connectivity index (χ0v) is 12.8. The normalized spacial score (nSPS) is 11.9. The highest BCUT2D eigenvalue weighted by molar-refractivity contribution is 7.37. The van der Waals surface area contributed by atoms with Crippen molar-refractivity contribution in [2.45, 2.75) is 6.42 Å². The van der Waals surface area contributed by atoms with Crippen molar-refractivity contribution in [2.24, 2.45) is 0 Å². The molecule has 2 nitrogen and oxygen atoms in total. The molecule has 1 unspecified atom stereocenters. The molecule has 0 amide bonds. The maximum Gasteiger partial charge on any atom is 0.598 e. The Labute approximate surface area is 128 Å². The highest BCUT2D eigenvalue weighted by Gasteiger charge is 2.20. The molecule has 4 rings (SSSR count). The third-order valence-corrected chi connectivity index (χ3v) is 5.15. The number of hydrogen-bond donors (Lipinski definition) is 0. The van der Waals surface area contributed by atoms with Crippen molar-refractivity contribution in [3.8, 4) is 0 Å². The van der Waals surface area contributed by atoms with Crippen molar-refractivity contribution in [1.82, 2.24) is 0 Å². The van der Waals surface area contributed by atoms with Gasteiger partial charge in [0.2, 0.25) is 5.12 Å². The van der Waals surface area contributed by atoms with Gasteiger partial charge in [-0.15, -0.1) is 0 Å². The summed E-state index contributed by atoms with van der Waals surface area (Å²) in [5.41, 5.74) is 2.98. The summed E-state index contributed by atoms with van der Waals surface area (Å²) < 4.78 is 18.2. The van der Waals surface area contributed by atoms with Crippen LogP contribution in [0.4, 0.5) is 0 Å². The Morgan fingerprint density at radius 1 is 0.773 bits per heavy atom. The molecule has 0 aliphatic carbocycles. The highest BCUT2D eigenvalue weighted by Crippen LogP contribution is 2.37. The Morgan fingerprint density at radius 2 is 1.50 bits per heavy atom. The number of rotatable bonds is 2. The Hall–Kier alpha value is -2.44. The Balaban J connectivity index is 2.01. The van der Waals surface area contributed by atoms with E-state index < -0.39 is 7.65 Å². The highest BCUT2D eigenvalue weighted by atomic mass is 31.1. The van der Waals surface area contributed by atoms with Crippen molar-refractivity contribution in [1.29, 1.82) is 0 Å². The maximum atomic E-state index is 12.6. The number of para-hydroxylation sites is 1. The fourth-order valence-electron chi connectivity index (χ4n) is 2.89. The quantitative estimate of drug-likeness (QED) is 0.430. The van der Waals surface area contributed by atoms with Crippen LogP contribution in [0, 0.1) is 0 Å². The lowest BCUT2D eigenvalue weighted by atomic mass is 10.0. The van der Waals surface area contributed by atoms with Gasteiger partial charge in [-0.2, -0.15) is 0 Å². The molecule has 0 saturated heterocycles. The molecule has 1 heterocycles. The van der Waals surface area contributed by atoms with E-state index in [1.807, 2.05) is 60.7 Å². The van der Waals surface area contributed by atoms with E-state index in [1.165, 1.54) is 5.56 Å². The van der Waals surface area contributed by atoms with E-state index in [9.17, 15) is 4.57 Å². The molecule has 3 aromatic carbocycles. The molecule has 0 fully saturated rings. The van der Waals surface area contributed by atoms with Crippen LogP contribution in [0.25, 0.3) is 21.5 Å². The summed E-state index contributed by atoms with van der Waals surface area (Å²) in [5, 5.41) is 2.87. The van der Waals surface area contributed by atoms with E-state index >= 15 is 0 Å². The summed E-state index contributed by atoms with van der Waals surface area (Å²) >= 11 is 0. The van der Waals surface area contributed by atoms with Gasteiger partial charge in [0, 0.05) is 22.8 Å². The van der Waals surface area contributed by atoms with Crippen LogP contribution < -0.4 is 0 Å². The largest absolute Gasteiger partial charge is 0.598 e. The summed E-state index contributed by atoms with van der Waals surface area (Å²) in [5.74, 6) is 0. The second kappa shape index (κ2) is 5.40. The third kappa shape index (κ3) is 2.22. The van der Waals surface area contributed by atoms with Crippen LogP contribution in [0.3, 0.4) is 0 Å². The van der Waals surface area contributed by atoms with Crippen LogP contribution in [0.15, 0.2) is 77.0 Å². The molecule has 0 aliphatic heterocycles. The monoisotopic (exact) mass is 305 g/mol. The van der Waals surface area contributed by atoms with Gasteiger partial charge in [0.15, 0.2) is 5.58 Å². The first-order chi connectivity index (χ1) is 10.8. The van der Waals surface area contributed by atoms with Crippen molar-refractivity contribution in [3.05, 3.63) is 83.9 Å². The van der Waals surface area contributed by atoms with E-state index in [1.54, 1.807) is 0 Å². The predicted molar refractivity (Wildman–Crippen MR) is 90.6 cm³/mol. The van der Waals surface area contributed by atoms with Gasteiger partial charge in [-0.25, -0.2) is 4.20 Å². The van der Waals surface area contributed by atoms with E-state index in [4.69, 9.17) is 4.20 Å². The Morgan fingerprint density at radius 3 is 2.36 bits per heavy atom. The smallest absolute Gasteiger partial charge is 0.250 e. The summed E-state index contributed by atoms with van der Waals surface area (Å²) in [6.07, 6.45) is 0.761. The lowest BCUT2D eigenvalue weighted by molar-refractivity contribution is 0.563. The van der Waals surface area contributed by atoms with Crippen molar-refractivity contribution < 1.29 is 8.76 Å². The molecule has 0 bridgehead atoms. The second-order valence-corrected chi connectivity index (χ2v) is 6.46. The predicted octanol–water partition coefficient (Wildman–Crippen LogP) is 5.92. The molecule has 0 N–H and O–H groups in total. The van der Waals surface area contributed by atoms with Crippen molar-refractivity contribution in [3.63, 3.8) is 0 Å². The first kappa shape index (κ1) is 13.2. The molecule has 22 heavy (non-hydrogen) atoms. The van der Waals surface area contributed by atoms with Crippen LogP contribution in [0.1, 0.15) is 11.1 Å².